The predicted octanol–water partition coefficient (Wildman–Crippen LogP) is 7.13. The highest BCUT2D eigenvalue weighted by atomic mass is 16.5. The third-order valence-corrected chi connectivity index (χ3v) is 10.2. The molecular weight excluding hydrogens is 530 g/mol. The number of carbonyl (C=O) groups is 1. The van der Waals surface area contributed by atoms with Crippen LogP contribution in [0.25, 0.3) is 10.8 Å². The lowest BCUT2D eigenvalue weighted by Crippen LogP contribution is -2.53. The molecule has 7 rings (SSSR count). The lowest BCUT2D eigenvalue weighted by atomic mass is 9.52. The zero-order valence-corrected chi connectivity index (χ0v) is 24.5. The van der Waals surface area contributed by atoms with Crippen molar-refractivity contribution in [1.29, 1.82) is 0 Å². The van der Waals surface area contributed by atoms with Gasteiger partial charge in [0.15, 0.2) is 0 Å². The average molecular weight is 568 g/mol. The predicted molar refractivity (Wildman–Crippen MR) is 171 cm³/mol. The van der Waals surface area contributed by atoms with Gasteiger partial charge in [-0.1, -0.05) is 121 Å². The Morgan fingerprint density at radius 3 is 2.07 bits per heavy atom. The number of likely N-dealkylation sites (tertiary alicyclic amines) is 1. The van der Waals surface area contributed by atoms with Crippen LogP contribution in [0.3, 0.4) is 0 Å². The van der Waals surface area contributed by atoms with Crippen molar-refractivity contribution in [2.45, 2.75) is 30.3 Å². The number of aliphatic hydroxyl groups is 1. The lowest BCUT2D eigenvalue weighted by Gasteiger charge is -2.53. The van der Waals surface area contributed by atoms with E-state index in [-0.39, 0.29) is 23.2 Å². The SMILES string of the molecule is COc1ccccc1[C@]1(O)CCC(c2ccccc2)(c2ccccc2)[C@H]2CN(C(=O)Cc3cccc4ccccc34)C[C@H]21. The van der Waals surface area contributed by atoms with Crippen LogP contribution in [0.2, 0.25) is 0 Å². The molecule has 5 aromatic rings. The molecule has 3 atom stereocenters. The molecular formula is C39H37NO3. The number of hydrogen-bond donors (Lipinski definition) is 1. The molecule has 2 aliphatic rings. The van der Waals surface area contributed by atoms with Gasteiger partial charge in [0.1, 0.15) is 5.75 Å². The number of benzene rings is 5. The summed E-state index contributed by atoms with van der Waals surface area (Å²) in [6.45, 7) is 1.07. The number of ether oxygens (including phenoxy) is 1. The van der Waals surface area contributed by atoms with E-state index in [1.54, 1.807) is 7.11 Å². The topological polar surface area (TPSA) is 49.8 Å². The maximum absolute atomic E-state index is 14.2. The summed E-state index contributed by atoms with van der Waals surface area (Å²) in [5.74, 6) is 0.603. The maximum Gasteiger partial charge on any atom is 0.227 e. The first-order valence-electron chi connectivity index (χ1n) is 15.3. The van der Waals surface area contributed by atoms with Crippen molar-refractivity contribution in [2.75, 3.05) is 20.2 Å². The Balaban J connectivity index is 1.34. The second-order valence-electron chi connectivity index (χ2n) is 12.2. The zero-order valence-electron chi connectivity index (χ0n) is 24.5. The molecule has 2 fully saturated rings. The van der Waals surface area contributed by atoms with Crippen LogP contribution in [-0.4, -0.2) is 36.1 Å². The van der Waals surface area contributed by atoms with Crippen LogP contribution in [0.15, 0.2) is 127 Å². The van der Waals surface area contributed by atoms with Crippen LogP contribution in [0.1, 0.15) is 35.1 Å². The highest BCUT2D eigenvalue weighted by Gasteiger charge is 2.61. The van der Waals surface area contributed by atoms with E-state index < -0.39 is 5.60 Å². The van der Waals surface area contributed by atoms with Crippen LogP contribution in [0.4, 0.5) is 0 Å². The quantitative estimate of drug-likeness (QED) is 0.237. The minimum absolute atomic E-state index is 0.00238. The van der Waals surface area contributed by atoms with E-state index in [9.17, 15) is 9.90 Å². The number of para-hydroxylation sites is 1. The van der Waals surface area contributed by atoms with E-state index in [2.05, 4.69) is 84.9 Å². The number of nitrogens with zero attached hydrogens (tertiary/aromatic N) is 1. The lowest BCUT2D eigenvalue weighted by molar-refractivity contribution is -0.130. The maximum atomic E-state index is 14.2. The van der Waals surface area contributed by atoms with E-state index in [1.165, 1.54) is 11.1 Å². The van der Waals surface area contributed by atoms with Crippen molar-refractivity contribution >= 4 is 16.7 Å². The first kappa shape index (κ1) is 27.4. The molecule has 0 aromatic heterocycles. The van der Waals surface area contributed by atoms with E-state index in [0.29, 0.717) is 31.7 Å². The summed E-state index contributed by atoms with van der Waals surface area (Å²) in [5.41, 5.74) is 2.83. The minimum atomic E-state index is -1.14. The fourth-order valence-electron chi connectivity index (χ4n) is 8.16. The summed E-state index contributed by atoms with van der Waals surface area (Å²) in [4.78, 5) is 16.2. The molecule has 0 spiro atoms. The van der Waals surface area contributed by atoms with Gasteiger partial charge in [-0.3, -0.25) is 4.79 Å². The van der Waals surface area contributed by atoms with Crippen LogP contribution in [0, 0.1) is 11.8 Å². The van der Waals surface area contributed by atoms with Gasteiger partial charge in [0.25, 0.3) is 0 Å². The molecule has 1 saturated carbocycles. The smallest absolute Gasteiger partial charge is 0.227 e. The van der Waals surface area contributed by atoms with Crippen LogP contribution in [0.5, 0.6) is 5.75 Å². The monoisotopic (exact) mass is 567 g/mol. The zero-order chi connectivity index (χ0) is 29.4. The molecule has 0 radical (unpaired) electrons. The summed E-state index contributed by atoms with van der Waals surface area (Å²) in [6.07, 6.45) is 1.64. The summed E-state index contributed by atoms with van der Waals surface area (Å²) in [6, 6.07) is 43.7. The molecule has 1 amide bonds. The molecule has 216 valence electrons. The Morgan fingerprint density at radius 2 is 1.35 bits per heavy atom. The summed E-state index contributed by atoms with van der Waals surface area (Å²) >= 11 is 0. The van der Waals surface area contributed by atoms with Gasteiger partial charge in [0.2, 0.25) is 5.91 Å². The van der Waals surface area contributed by atoms with E-state index in [4.69, 9.17) is 4.74 Å². The first-order valence-corrected chi connectivity index (χ1v) is 15.3. The molecule has 5 aromatic carbocycles. The minimum Gasteiger partial charge on any atom is -0.496 e. The fourth-order valence-corrected chi connectivity index (χ4v) is 8.16. The number of amides is 1. The van der Waals surface area contributed by atoms with Gasteiger partial charge in [-0.05, 0) is 52.3 Å². The van der Waals surface area contributed by atoms with Crippen molar-refractivity contribution < 1.29 is 14.6 Å². The third-order valence-electron chi connectivity index (χ3n) is 10.2. The van der Waals surface area contributed by atoms with E-state index in [0.717, 1.165) is 28.3 Å². The Kier molecular flexibility index (Phi) is 7.03. The molecule has 4 heteroatoms. The van der Waals surface area contributed by atoms with Crippen molar-refractivity contribution in [1.82, 2.24) is 4.90 Å². The Hall–Kier alpha value is -4.41. The second kappa shape index (κ2) is 11.0. The highest BCUT2D eigenvalue weighted by Crippen LogP contribution is 2.60. The normalized spacial score (nSPS) is 22.7. The molecule has 1 aliphatic carbocycles. The molecule has 1 aliphatic heterocycles. The summed E-state index contributed by atoms with van der Waals surface area (Å²) in [7, 11) is 1.66. The van der Waals surface area contributed by atoms with Crippen LogP contribution >= 0.6 is 0 Å². The summed E-state index contributed by atoms with van der Waals surface area (Å²) in [5, 5.41) is 15.0. The standard InChI is InChI=1S/C39H37NO3/c1-43-36-22-11-10-21-33(36)39(42)24-23-38(30-16-4-2-5-17-30,31-18-6-3-7-19-31)34-26-40(27-35(34)39)37(41)25-29-15-12-14-28-13-8-9-20-32(28)29/h2-22,34-35,42H,23-27H2,1H3/t34-,35+,39+/m0/s1. The van der Waals surface area contributed by atoms with Gasteiger partial charge < -0.3 is 14.7 Å². The van der Waals surface area contributed by atoms with Crippen LogP contribution in [-0.2, 0) is 22.2 Å². The number of methoxy groups -OCH3 is 1. The number of fused-ring (bicyclic) bond motifs is 2. The molecule has 1 N–H and O–H groups in total. The Morgan fingerprint density at radius 1 is 0.744 bits per heavy atom. The van der Waals surface area contributed by atoms with Crippen molar-refractivity contribution in [3.8, 4) is 5.75 Å². The molecule has 1 heterocycles. The first-order chi connectivity index (χ1) is 21.0. The van der Waals surface area contributed by atoms with E-state index >= 15 is 0 Å². The molecule has 43 heavy (non-hydrogen) atoms. The molecule has 0 unspecified atom stereocenters. The Bertz CT molecular complexity index is 1710. The van der Waals surface area contributed by atoms with Gasteiger partial charge in [0.05, 0.1) is 19.1 Å². The number of hydrogen-bond acceptors (Lipinski definition) is 3. The van der Waals surface area contributed by atoms with Crippen molar-refractivity contribution in [2.24, 2.45) is 11.8 Å². The van der Waals surface area contributed by atoms with Gasteiger partial charge in [-0.25, -0.2) is 0 Å². The largest absolute Gasteiger partial charge is 0.496 e. The van der Waals surface area contributed by atoms with Crippen molar-refractivity contribution in [3.05, 3.63) is 150 Å². The van der Waals surface area contributed by atoms with Gasteiger partial charge in [-0.15, -0.1) is 0 Å². The van der Waals surface area contributed by atoms with E-state index in [1.807, 2.05) is 47.4 Å². The van der Waals surface area contributed by atoms with Gasteiger partial charge >= 0.3 is 0 Å². The second-order valence-corrected chi connectivity index (χ2v) is 12.2. The van der Waals surface area contributed by atoms with Crippen LogP contribution < -0.4 is 4.74 Å². The van der Waals surface area contributed by atoms with Crippen molar-refractivity contribution in [3.63, 3.8) is 0 Å². The molecule has 1 saturated heterocycles. The van der Waals surface area contributed by atoms with Gasteiger partial charge in [0, 0.05) is 30.0 Å². The molecule has 4 nitrogen and oxygen atoms in total. The average Bonchev–Trinajstić information content (AvgIpc) is 3.54. The summed E-state index contributed by atoms with van der Waals surface area (Å²) < 4.78 is 5.79. The highest BCUT2D eigenvalue weighted by molar-refractivity contribution is 5.90. The third kappa shape index (κ3) is 4.52. The van der Waals surface area contributed by atoms with Gasteiger partial charge in [-0.2, -0.15) is 0 Å². The number of carbonyl (C=O) groups excluding carboxylic acids is 1. The molecule has 0 bridgehead atoms. The fraction of sp³-hybridized carbons (Fsp3) is 0.256. The number of rotatable bonds is 6. The Labute approximate surface area is 253 Å².